The van der Waals surface area contributed by atoms with Crippen molar-refractivity contribution in [2.75, 3.05) is 0 Å². The van der Waals surface area contributed by atoms with Crippen LogP contribution < -0.4 is 0 Å². The van der Waals surface area contributed by atoms with Crippen LogP contribution in [0.3, 0.4) is 0 Å². The molecule has 0 saturated heterocycles. The lowest BCUT2D eigenvalue weighted by molar-refractivity contribution is 0.405. The van der Waals surface area contributed by atoms with Crippen LogP contribution in [0.2, 0.25) is 0 Å². The third-order valence-corrected chi connectivity index (χ3v) is 3.22. The molecule has 0 bridgehead atoms. The molecule has 3 rings (SSSR count). The Kier molecular flexibility index (Phi) is 2.64. The average Bonchev–Trinajstić information content (AvgIpc) is 2.99. The third-order valence-electron chi connectivity index (χ3n) is 2.53. The van der Waals surface area contributed by atoms with Crippen molar-refractivity contribution >= 4 is 33.3 Å². The summed E-state index contributed by atoms with van der Waals surface area (Å²) in [5, 5.41) is 28.4. The molecule has 0 radical (unpaired) electrons. The van der Waals surface area contributed by atoms with Crippen molar-refractivity contribution in [1.29, 1.82) is 0 Å². The molecule has 8 heteroatoms. The number of aryl methyl sites for hydroxylation is 1. The Morgan fingerprint density at radius 2 is 2.16 bits per heavy atom. The maximum atomic E-state index is 9.84. The van der Waals surface area contributed by atoms with Gasteiger partial charge in [0.25, 0.3) is 0 Å². The van der Waals surface area contributed by atoms with E-state index in [-0.39, 0.29) is 17.2 Å². The molecule has 0 unspecified atom stereocenters. The Morgan fingerprint density at radius 1 is 1.32 bits per heavy atom. The summed E-state index contributed by atoms with van der Waals surface area (Å²) in [7, 11) is 0. The van der Waals surface area contributed by atoms with Gasteiger partial charge < -0.3 is 15.2 Å². The van der Waals surface area contributed by atoms with E-state index in [2.05, 4.69) is 24.6 Å². The topological polar surface area (TPSA) is 107 Å². The van der Waals surface area contributed by atoms with Crippen LogP contribution in [-0.4, -0.2) is 24.6 Å². The maximum absolute atomic E-state index is 9.84. The fourth-order valence-electron chi connectivity index (χ4n) is 1.68. The predicted octanol–water partition coefficient (Wildman–Crippen LogP) is 3.15. The SMILES string of the molecule is Cc1nsc(N=Nc2c(O)c(O)cc3cc[nH]c23)n1. The second kappa shape index (κ2) is 4.32. The van der Waals surface area contributed by atoms with Gasteiger partial charge in [0, 0.05) is 23.1 Å². The van der Waals surface area contributed by atoms with Gasteiger partial charge in [0.05, 0.1) is 5.52 Å². The van der Waals surface area contributed by atoms with Gasteiger partial charge in [-0.05, 0) is 19.1 Å². The van der Waals surface area contributed by atoms with Crippen LogP contribution in [0, 0.1) is 6.92 Å². The van der Waals surface area contributed by atoms with Gasteiger partial charge in [0.15, 0.2) is 17.2 Å². The number of azo groups is 1. The first-order valence-electron chi connectivity index (χ1n) is 5.39. The van der Waals surface area contributed by atoms with Crippen molar-refractivity contribution in [3.05, 3.63) is 24.2 Å². The number of hydrogen-bond acceptors (Lipinski definition) is 7. The highest BCUT2D eigenvalue weighted by atomic mass is 32.1. The Labute approximate surface area is 111 Å². The van der Waals surface area contributed by atoms with Gasteiger partial charge in [-0.25, -0.2) is 4.98 Å². The Morgan fingerprint density at radius 3 is 2.89 bits per heavy atom. The van der Waals surface area contributed by atoms with Crippen LogP contribution in [0.1, 0.15) is 5.82 Å². The fourth-order valence-corrected chi connectivity index (χ4v) is 2.18. The number of rotatable bonds is 2. The molecule has 3 N–H and O–H groups in total. The number of hydrogen-bond donors (Lipinski definition) is 3. The first kappa shape index (κ1) is 11.6. The Hall–Kier alpha value is -2.48. The minimum absolute atomic E-state index is 0.174. The number of phenolic OH excluding ortho intramolecular Hbond substituents is 2. The van der Waals surface area contributed by atoms with E-state index in [4.69, 9.17) is 0 Å². The molecule has 0 atom stereocenters. The number of benzene rings is 1. The maximum Gasteiger partial charge on any atom is 0.249 e. The standard InChI is InChI=1S/C11H9N5O2S/c1-5-13-11(19-16-5)15-14-9-8-6(2-3-12-8)4-7(17)10(9)18/h2-4,12,17-18H,1H3. The first-order valence-corrected chi connectivity index (χ1v) is 6.16. The quantitative estimate of drug-likeness (QED) is 0.493. The van der Waals surface area contributed by atoms with Crippen molar-refractivity contribution in [2.45, 2.75) is 6.92 Å². The predicted molar refractivity (Wildman–Crippen MR) is 70.5 cm³/mol. The smallest absolute Gasteiger partial charge is 0.249 e. The normalized spacial score (nSPS) is 11.6. The highest BCUT2D eigenvalue weighted by molar-refractivity contribution is 7.09. The number of fused-ring (bicyclic) bond motifs is 1. The molecule has 1 aromatic carbocycles. The van der Waals surface area contributed by atoms with E-state index >= 15 is 0 Å². The third kappa shape index (κ3) is 2.02. The molecule has 0 spiro atoms. The van der Waals surface area contributed by atoms with Crippen molar-refractivity contribution < 1.29 is 10.2 Å². The number of phenols is 2. The average molecular weight is 275 g/mol. The number of H-pyrrole nitrogens is 1. The molecule has 19 heavy (non-hydrogen) atoms. The minimum atomic E-state index is -0.320. The second-order valence-electron chi connectivity index (χ2n) is 3.86. The molecular weight excluding hydrogens is 266 g/mol. The van der Waals surface area contributed by atoms with Crippen LogP contribution in [0.5, 0.6) is 11.5 Å². The van der Waals surface area contributed by atoms with Crippen LogP contribution in [-0.2, 0) is 0 Å². The molecule has 0 amide bonds. The van der Waals surface area contributed by atoms with Crippen molar-refractivity contribution in [1.82, 2.24) is 14.3 Å². The molecule has 2 heterocycles. The molecule has 96 valence electrons. The zero-order valence-corrected chi connectivity index (χ0v) is 10.6. The van der Waals surface area contributed by atoms with Gasteiger partial charge in [0.2, 0.25) is 5.13 Å². The summed E-state index contributed by atoms with van der Waals surface area (Å²) in [6, 6.07) is 3.22. The lowest BCUT2D eigenvalue weighted by atomic mass is 10.2. The van der Waals surface area contributed by atoms with E-state index < -0.39 is 0 Å². The summed E-state index contributed by atoms with van der Waals surface area (Å²) < 4.78 is 3.98. The van der Waals surface area contributed by atoms with Gasteiger partial charge in [-0.15, -0.1) is 10.2 Å². The monoisotopic (exact) mass is 275 g/mol. The summed E-state index contributed by atoms with van der Waals surface area (Å²) in [6.07, 6.45) is 1.69. The molecule has 0 aliphatic rings. The first-order chi connectivity index (χ1) is 9.15. The van der Waals surface area contributed by atoms with Crippen LogP contribution in [0.15, 0.2) is 28.6 Å². The number of aromatic nitrogens is 3. The van der Waals surface area contributed by atoms with Gasteiger partial charge in [-0.2, -0.15) is 4.37 Å². The summed E-state index contributed by atoms with van der Waals surface area (Å²) >= 11 is 1.11. The largest absolute Gasteiger partial charge is 0.504 e. The highest BCUT2D eigenvalue weighted by Gasteiger charge is 2.13. The second-order valence-corrected chi connectivity index (χ2v) is 4.59. The van der Waals surface area contributed by atoms with Crippen LogP contribution in [0.4, 0.5) is 10.8 Å². The van der Waals surface area contributed by atoms with E-state index in [0.717, 1.165) is 16.9 Å². The fraction of sp³-hybridized carbons (Fsp3) is 0.0909. The minimum Gasteiger partial charge on any atom is -0.504 e. The highest BCUT2D eigenvalue weighted by Crippen LogP contribution is 2.42. The van der Waals surface area contributed by atoms with E-state index in [1.165, 1.54) is 6.07 Å². The van der Waals surface area contributed by atoms with E-state index in [1.807, 2.05) is 0 Å². The van der Waals surface area contributed by atoms with Crippen LogP contribution in [0.25, 0.3) is 10.9 Å². The van der Waals surface area contributed by atoms with E-state index in [1.54, 1.807) is 19.2 Å². The number of aromatic hydroxyl groups is 2. The molecule has 2 aromatic heterocycles. The molecule has 3 aromatic rings. The summed E-state index contributed by atoms with van der Waals surface area (Å²) in [5.41, 5.74) is 0.771. The summed E-state index contributed by atoms with van der Waals surface area (Å²) in [6.45, 7) is 1.75. The van der Waals surface area contributed by atoms with Crippen molar-refractivity contribution in [3.8, 4) is 11.5 Å². The van der Waals surface area contributed by atoms with Crippen LogP contribution >= 0.6 is 11.5 Å². The molecule has 0 saturated carbocycles. The number of nitrogens with one attached hydrogen (secondary N) is 1. The lowest BCUT2D eigenvalue weighted by Gasteiger charge is -2.02. The zero-order chi connectivity index (χ0) is 13.4. The lowest BCUT2D eigenvalue weighted by Crippen LogP contribution is -1.75. The van der Waals surface area contributed by atoms with Gasteiger partial charge in [-0.3, -0.25) is 0 Å². The zero-order valence-electron chi connectivity index (χ0n) is 9.82. The van der Waals surface area contributed by atoms with E-state index in [0.29, 0.717) is 16.5 Å². The summed E-state index contributed by atoms with van der Waals surface area (Å²) in [5.74, 6) is 0.0542. The Bertz CT molecular complexity index is 777. The van der Waals surface area contributed by atoms with Gasteiger partial charge >= 0.3 is 0 Å². The number of nitrogens with zero attached hydrogens (tertiary/aromatic N) is 4. The number of aromatic amines is 1. The van der Waals surface area contributed by atoms with Crippen molar-refractivity contribution in [3.63, 3.8) is 0 Å². The molecular formula is C11H9N5O2S. The molecule has 7 nitrogen and oxygen atoms in total. The van der Waals surface area contributed by atoms with Crippen molar-refractivity contribution in [2.24, 2.45) is 10.2 Å². The summed E-state index contributed by atoms with van der Waals surface area (Å²) in [4.78, 5) is 6.98. The van der Waals surface area contributed by atoms with Gasteiger partial charge in [0.1, 0.15) is 5.82 Å². The van der Waals surface area contributed by atoms with E-state index in [9.17, 15) is 10.2 Å². The Balaban J connectivity index is 2.11. The van der Waals surface area contributed by atoms with Gasteiger partial charge in [-0.1, -0.05) is 0 Å². The molecule has 0 fully saturated rings. The molecule has 0 aliphatic carbocycles. The molecule has 0 aliphatic heterocycles.